The number of ether oxygens (including phenoxy) is 3. The van der Waals surface area contributed by atoms with Gasteiger partial charge in [0, 0.05) is 38.2 Å². The van der Waals surface area contributed by atoms with Crippen LogP contribution < -0.4 is 14.2 Å². The molecule has 1 heterocycles. The number of methoxy groups -OCH3 is 3. The van der Waals surface area contributed by atoms with Crippen LogP contribution in [0.3, 0.4) is 0 Å². The Balaban J connectivity index is 2.00. The van der Waals surface area contributed by atoms with Gasteiger partial charge in [0.1, 0.15) is 0 Å². The van der Waals surface area contributed by atoms with E-state index in [1.54, 1.807) is 38.2 Å². The van der Waals surface area contributed by atoms with Gasteiger partial charge in [-0.3, -0.25) is 9.59 Å². The van der Waals surface area contributed by atoms with Crippen molar-refractivity contribution >= 4 is 11.8 Å². The molecule has 0 aliphatic carbocycles. The average Bonchev–Trinajstić information content (AvgIpc) is 3.27. The minimum atomic E-state index is -0.364. The Bertz CT molecular complexity index is 948. The number of hydrogen-bond acceptors (Lipinski definition) is 5. The highest BCUT2D eigenvalue weighted by atomic mass is 16.5. The van der Waals surface area contributed by atoms with Gasteiger partial charge in [0.15, 0.2) is 11.5 Å². The molecule has 0 N–H and O–H groups in total. The molecule has 0 aromatic heterocycles. The van der Waals surface area contributed by atoms with Gasteiger partial charge >= 0.3 is 0 Å². The summed E-state index contributed by atoms with van der Waals surface area (Å²) in [7, 11) is 6.48. The Morgan fingerprint density at radius 1 is 1.00 bits per heavy atom. The lowest BCUT2D eigenvalue weighted by Crippen LogP contribution is -2.36. The Kier molecular flexibility index (Phi) is 7.28. The summed E-state index contributed by atoms with van der Waals surface area (Å²) < 4.78 is 16.5. The Hall–Kier alpha value is -3.22. The molecule has 2 amide bonds. The summed E-state index contributed by atoms with van der Waals surface area (Å²) in [5.74, 6) is 0.942. The minimum absolute atomic E-state index is 0.0189. The maximum atomic E-state index is 13.2. The van der Waals surface area contributed by atoms with Crippen molar-refractivity contribution in [3.05, 3.63) is 53.1 Å². The zero-order valence-corrected chi connectivity index (χ0v) is 19.7. The van der Waals surface area contributed by atoms with Crippen LogP contribution in [-0.2, 0) is 4.79 Å². The van der Waals surface area contributed by atoms with E-state index in [0.717, 1.165) is 11.1 Å². The summed E-state index contributed by atoms with van der Waals surface area (Å²) in [5.41, 5.74) is 2.59. The summed E-state index contributed by atoms with van der Waals surface area (Å²) >= 11 is 0. The van der Waals surface area contributed by atoms with E-state index < -0.39 is 0 Å². The number of likely N-dealkylation sites (tertiary alicyclic amines) is 1. The van der Waals surface area contributed by atoms with Crippen molar-refractivity contribution in [2.75, 3.05) is 48.0 Å². The molecule has 7 nitrogen and oxygen atoms in total. The van der Waals surface area contributed by atoms with E-state index in [1.807, 2.05) is 50.2 Å². The van der Waals surface area contributed by atoms with Crippen LogP contribution >= 0.6 is 0 Å². The highest BCUT2D eigenvalue weighted by molar-refractivity contribution is 5.95. The van der Waals surface area contributed by atoms with Crippen molar-refractivity contribution < 1.29 is 23.8 Å². The normalized spacial score (nSPS) is 17.8. The minimum Gasteiger partial charge on any atom is -0.493 e. The van der Waals surface area contributed by atoms with Gasteiger partial charge in [-0.2, -0.15) is 0 Å². The lowest BCUT2D eigenvalue weighted by molar-refractivity contribution is -0.133. The molecule has 0 radical (unpaired) electrons. The summed E-state index contributed by atoms with van der Waals surface area (Å²) in [4.78, 5) is 29.9. The molecule has 32 heavy (non-hydrogen) atoms. The van der Waals surface area contributed by atoms with Crippen LogP contribution in [0, 0.1) is 12.8 Å². The lowest BCUT2D eigenvalue weighted by Gasteiger charge is -2.24. The van der Waals surface area contributed by atoms with E-state index in [9.17, 15) is 9.59 Å². The third-order valence-electron chi connectivity index (χ3n) is 6.19. The molecule has 0 saturated carbocycles. The first-order valence-corrected chi connectivity index (χ1v) is 10.7. The molecule has 1 saturated heterocycles. The molecule has 0 spiro atoms. The van der Waals surface area contributed by atoms with Crippen molar-refractivity contribution in [1.82, 2.24) is 9.80 Å². The molecule has 2 aromatic rings. The number of amides is 2. The van der Waals surface area contributed by atoms with Gasteiger partial charge < -0.3 is 24.0 Å². The topological polar surface area (TPSA) is 68.3 Å². The fourth-order valence-corrected chi connectivity index (χ4v) is 4.19. The van der Waals surface area contributed by atoms with Gasteiger partial charge in [0.05, 0.1) is 27.2 Å². The van der Waals surface area contributed by atoms with Gasteiger partial charge in [-0.05, 0) is 43.7 Å². The predicted molar refractivity (Wildman–Crippen MR) is 123 cm³/mol. The smallest absolute Gasteiger partial charge is 0.253 e. The van der Waals surface area contributed by atoms with Crippen LogP contribution in [0.5, 0.6) is 17.2 Å². The number of hydrogen-bond donors (Lipinski definition) is 0. The number of aryl methyl sites for hydroxylation is 1. The lowest BCUT2D eigenvalue weighted by atomic mass is 9.87. The van der Waals surface area contributed by atoms with Gasteiger partial charge in [-0.1, -0.05) is 17.7 Å². The van der Waals surface area contributed by atoms with Crippen molar-refractivity contribution in [1.29, 1.82) is 0 Å². The molecule has 1 aliphatic rings. The highest BCUT2D eigenvalue weighted by Gasteiger charge is 2.42. The van der Waals surface area contributed by atoms with Gasteiger partial charge in [0.25, 0.3) is 5.91 Å². The third kappa shape index (κ3) is 4.52. The number of carbonyl (C=O) groups is 2. The fourth-order valence-electron chi connectivity index (χ4n) is 4.19. The van der Waals surface area contributed by atoms with Crippen molar-refractivity contribution in [2.24, 2.45) is 5.92 Å². The largest absolute Gasteiger partial charge is 0.493 e. The van der Waals surface area contributed by atoms with Gasteiger partial charge in [0.2, 0.25) is 11.7 Å². The second-order valence-corrected chi connectivity index (χ2v) is 8.10. The van der Waals surface area contributed by atoms with Gasteiger partial charge in [-0.15, -0.1) is 0 Å². The Morgan fingerprint density at radius 3 is 2.09 bits per heavy atom. The van der Waals surface area contributed by atoms with E-state index >= 15 is 0 Å². The molecule has 3 rings (SSSR count). The van der Waals surface area contributed by atoms with Crippen LogP contribution in [0.1, 0.15) is 34.3 Å². The maximum Gasteiger partial charge on any atom is 0.253 e. The zero-order valence-electron chi connectivity index (χ0n) is 19.7. The van der Waals surface area contributed by atoms with E-state index in [1.165, 1.54) is 0 Å². The van der Waals surface area contributed by atoms with Crippen molar-refractivity contribution in [3.8, 4) is 17.2 Å². The van der Waals surface area contributed by atoms with E-state index in [2.05, 4.69) is 0 Å². The molecule has 1 fully saturated rings. The molecule has 172 valence electrons. The van der Waals surface area contributed by atoms with Crippen LogP contribution in [0.25, 0.3) is 0 Å². The third-order valence-corrected chi connectivity index (χ3v) is 6.19. The summed E-state index contributed by atoms with van der Waals surface area (Å²) in [6.07, 6.45) is 0. The Morgan fingerprint density at radius 2 is 1.59 bits per heavy atom. The zero-order chi connectivity index (χ0) is 23.4. The number of rotatable bonds is 7. The molecule has 2 atom stereocenters. The second kappa shape index (κ2) is 9.94. The summed E-state index contributed by atoms with van der Waals surface area (Å²) in [6.45, 7) is 5.32. The molecule has 0 bridgehead atoms. The predicted octanol–water partition coefficient (Wildman–Crippen LogP) is 3.35. The van der Waals surface area contributed by atoms with E-state index in [-0.39, 0.29) is 23.7 Å². The average molecular weight is 441 g/mol. The van der Waals surface area contributed by atoms with E-state index in [4.69, 9.17) is 14.2 Å². The molecule has 1 aliphatic heterocycles. The highest BCUT2D eigenvalue weighted by Crippen LogP contribution is 2.43. The number of nitrogens with zero attached hydrogens (tertiary/aromatic N) is 2. The van der Waals surface area contributed by atoms with Crippen molar-refractivity contribution in [3.63, 3.8) is 0 Å². The first-order valence-electron chi connectivity index (χ1n) is 10.7. The SMILES string of the molecule is CCN(C)C(=O)[C@@H]1CN(C(=O)c2ccc(C)cc2)C[C@H]1c1cc(OC)c(OC)c(OC)c1. The first kappa shape index (κ1) is 23.4. The molecular formula is C25H32N2O5. The molecule has 7 heteroatoms. The summed E-state index contributed by atoms with van der Waals surface area (Å²) in [6, 6.07) is 11.3. The fraction of sp³-hybridized carbons (Fsp3) is 0.440. The molecule has 2 aromatic carbocycles. The maximum absolute atomic E-state index is 13.2. The molecular weight excluding hydrogens is 408 g/mol. The number of carbonyl (C=O) groups excluding carboxylic acids is 2. The quantitative estimate of drug-likeness (QED) is 0.661. The van der Waals surface area contributed by atoms with Crippen molar-refractivity contribution in [2.45, 2.75) is 19.8 Å². The first-order chi connectivity index (χ1) is 15.3. The van der Waals surface area contributed by atoms with E-state index in [0.29, 0.717) is 42.4 Å². The second-order valence-electron chi connectivity index (χ2n) is 8.10. The number of benzene rings is 2. The van der Waals surface area contributed by atoms with Crippen LogP contribution in [0.2, 0.25) is 0 Å². The van der Waals surface area contributed by atoms with Gasteiger partial charge in [-0.25, -0.2) is 0 Å². The summed E-state index contributed by atoms with van der Waals surface area (Å²) in [5, 5.41) is 0. The Labute approximate surface area is 189 Å². The van der Waals surface area contributed by atoms with Crippen LogP contribution in [0.15, 0.2) is 36.4 Å². The molecule has 0 unspecified atom stereocenters. The monoisotopic (exact) mass is 440 g/mol. The van der Waals surface area contributed by atoms with Crippen LogP contribution in [-0.4, -0.2) is 69.6 Å². The standard InChI is InChI=1S/C25H32N2O5/c1-7-26(3)25(29)20-15-27(24(28)17-10-8-16(2)9-11-17)14-19(20)18-12-21(30-4)23(32-6)22(13-18)31-5/h8-13,19-20H,7,14-15H2,1-6H3/t19-,20+/m0/s1. The van der Waals surface area contributed by atoms with Crippen LogP contribution in [0.4, 0.5) is 0 Å².